The van der Waals surface area contributed by atoms with Crippen molar-refractivity contribution in [2.75, 3.05) is 6.26 Å². The molecule has 5 heteroatoms. The average molecular weight is 338 g/mol. The molecule has 0 aliphatic heterocycles. The van der Waals surface area contributed by atoms with Gasteiger partial charge in [-0.05, 0) is 64.6 Å². The quantitative estimate of drug-likeness (QED) is 0.578. The second kappa shape index (κ2) is 5.25. The Bertz CT molecular complexity index is 448. The van der Waals surface area contributed by atoms with Gasteiger partial charge in [0.1, 0.15) is 0 Å². The third kappa shape index (κ3) is 2.26. The molecule has 0 heterocycles. The molecule has 0 aromatic heterocycles. The minimum Gasteiger partial charge on any atom is -0.414 e. The molecule has 0 bridgehead atoms. The first-order valence-corrected chi connectivity index (χ1v) is 7.62. The summed E-state index contributed by atoms with van der Waals surface area (Å²) in [5.41, 5.74) is 3.46. The molecule has 1 aromatic rings. The van der Waals surface area contributed by atoms with Crippen LogP contribution in [0.5, 0.6) is 0 Å². The topological polar surface area (TPSA) is 9.23 Å². The van der Waals surface area contributed by atoms with Gasteiger partial charge in [0.05, 0.1) is 22.6 Å². The molecule has 0 radical (unpaired) electrons. The molecule has 86 valence electrons. The zero-order valence-corrected chi connectivity index (χ0v) is 12.7. The summed E-state index contributed by atoms with van der Waals surface area (Å²) in [4.78, 5) is 0. The second-order valence-corrected chi connectivity index (χ2v) is 5.65. The van der Waals surface area contributed by atoms with Gasteiger partial charge in [0.15, 0.2) is 0 Å². The number of aryl methyl sites for hydroxylation is 1. The van der Waals surface area contributed by atoms with Crippen LogP contribution in [0, 0.1) is 0 Å². The molecule has 0 amide bonds. The Balaban J connectivity index is 2.50. The molecule has 1 aliphatic rings. The molecule has 1 aromatic carbocycles. The number of fused-ring (bicyclic) bond motifs is 1. The van der Waals surface area contributed by atoms with E-state index in [1.54, 1.807) is 0 Å². The highest BCUT2D eigenvalue weighted by Crippen LogP contribution is 2.37. The maximum Gasteiger partial charge on any atom is 0.210 e. The Kier molecular flexibility index (Phi) is 4.16. The van der Waals surface area contributed by atoms with Crippen LogP contribution < -0.4 is 0 Å². The number of hydrogen-bond donors (Lipinski definition) is 0. The molecule has 0 fully saturated rings. The number of hydrogen-bond acceptors (Lipinski definition) is 3. The lowest BCUT2D eigenvalue weighted by atomic mass is 10.1. The number of benzene rings is 1. The van der Waals surface area contributed by atoms with Crippen LogP contribution in [0.25, 0.3) is 0 Å². The molecule has 1 nitrogen and oxygen atoms in total. The molecular weight excluding hydrogens is 328 g/mol. The van der Waals surface area contributed by atoms with Gasteiger partial charge in [0.2, 0.25) is 5.05 Å². The van der Waals surface area contributed by atoms with Gasteiger partial charge in [-0.2, -0.15) is 0 Å². The summed E-state index contributed by atoms with van der Waals surface area (Å²) in [6.45, 7) is 0. The van der Waals surface area contributed by atoms with Gasteiger partial charge in [-0.25, -0.2) is 0 Å². The van der Waals surface area contributed by atoms with Crippen molar-refractivity contribution in [2.45, 2.75) is 19.3 Å². The van der Waals surface area contributed by atoms with Crippen molar-refractivity contribution in [3.8, 4) is 0 Å². The van der Waals surface area contributed by atoms with Crippen LogP contribution in [0.2, 0.25) is 5.02 Å². The molecule has 0 saturated carbocycles. The van der Waals surface area contributed by atoms with Crippen LogP contribution in [0.3, 0.4) is 0 Å². The van der Waals surface area contributed by atoms with E-state index in [9.17, 15) is 0 Å². The van der Waals surface area contributed by atoms with Gasteiger partial charge >= 0.3 is 0 Å². The number of thiocarbonyl (C=S) groups is 1. The van der Waals surface area contributed by atoms with E-state index in [1.165, 1.54) is 29.6 Å². The van der Waals surface area contributed by atoms with Gasteiger partial charge in [-0.1, -0.05) is 11.6 Å². The normalized spacial score (nSPS) is 13.7. The fraction of sp³-hybridized carbons (Fsp3) is 0.364. The fourth-order valence-corrected chi connectivity index (χ4v) is 4.07. The summed E-state index contributed by atoms with van der Waals surface area (Å²) in [5, 5.41) is 1.12. The minimum absolute atomic E-state index is 0.444. The van der Waals surface area contributed by atoms with E-state index in [-0.39, 0.29) is 0 Å². The Morgan fingerprint density at radius 3 is 3.00 bits per heavy atom. The Hall–Kier alpha value is 0.230. The van der Waals surface area contributed by atoms with Crippen molar-refractivity contribution >= 4 is 56.8 Å². The van der Waals surface area contributed by atoms with Crippen molar-refractivity contribution in [1.29, 1.82) is 0 Å². The molecule has 0 spiro atoms. The van der Waals surface area contributed by atoms with Crippen LogP contribution in [0.4, 0.5) is 0 Å². The molecule has 1 aliphatic carbocycles. The zero-order valence-electron chi connectivity index (χ0n) is 8.68. The van der Waals surface area contributed by atoms with Gasteiger partial charge < -0.3 is 4.18 Å². The smallest absolute Gasteiger partial charge is 0.210 e. The van der Waals surface area contributed by atoms with Crippen molar-refractivity contribution in [3.63, 3.8) is 0 Å². The predicted molar refractivity (Wildman–Crippen MR) is 77.5 cm³/mol. The van der Waals surface area contributed by atoms with E-state index in [0.29, 0.717) is 10.1 Å². The third-order valence-electron chi connectivity index (χ3n) is 2.65. The summed E-state index contributed by atoms with van der Waals surface area (Å²) in [6, 6.07) is 2.01. The Labute approximate surface area is 118 Å². The summed E-state index contributed by atoms with van der Waals surface area (Å²) >= 11 is 16.3. The summed E-state index contributed by atoms with van der Waals surface area (Å²) in [7, 11) is 0. The highest BCUT2D eigenvalue weighted by atomic mass is 79.9. The van der Waals surface area contributed by atoms with E-state index >= 15 is 0 Å². The maximum atomic E-state index is 6.24. The minimum atomic E-state index is 0.444. The fourth-order valence-electron chi connectivity index (χ4n) is 1.96. The summed E-state index contributed by atoms with van der Waals surface area (Å²) in [6.07, 6.45) is 5.21. The average Bonchev–Trinajstić information content (AvgIpc) is 2.66. The molecule has 16 heavy (non-hydrogen) atoms. The molecule has 0 saturated heterocycles. The SMILES string of the molecule is CSOC(=S)c1c(Cl)cc2c(c1Br)CCC2. The van der Waals surface area contributed by atoms with Gasteiger partial charge in [0, 0.05) is 10.7 Å². The Morgan fingerprint density at radius 2 is 2.31 bits per heavy atom. The van der Waals surface area contributed by atoms with E-state index < -0.39 is 0 Å². The van der Waals surface area contributed by atoms with Crippen molar-refractivity contribution in [1.82, 2.24) is 0 Å². The first-order chi connectivity index (χ1) is 7.65. The molecule has 0 atom stereocenters. The lowest BCUT2D eigenvalue weighted by molar-refractivity contribution is 0.668. The molecule has 2 rings (SSSR count). The van der Waals surface area contributed by atoms with Crippen LogP contribution in [0.1, 0.15) is 23.1 Å². The van der Waals surface area contributed by atoms with Gasteiger partial charge in [-0.15, -0.1) is 0 Å². The van der Waals surface area contributed by atoms with Crippen molar-refractivity contribution in [2.24, 2.45) is 0 Å². The lowest BCUT2D eigenvalue weighted by Gasteiger charge is -2.12. The van der Waals surface area contributed by atoms with Crippen LogP contribution in [-0.2, 0) is 17.0 Å². The highest BCUT2D eigenvalue weighted by Gasteiger charge is 2.22. The van der Waals surface area contributed by atoms with Gasteiger partial charge in [-0.3, -0.25) is 0 Å². The highest BCUT2D eigenvalue weighted by molar-refractivity contribution is 9.10. The lowest BCUT2D eigenvalue weighted by Crippen LogP contribution is -2.03. The van der Waals surface area contributed by atoms with Crippen molar-refractivity contribution in [3.05, 3.63) is 32.3 Å². The monoisotopic (exact) mass is 336 g/mol. The first kappa shape index (κ1) is 12.7. The van der Waals surface area contributed by atoms with Crippen LogP contribution >= 0.6 is 51.8 Å². The second-order valence-electron chi connectivity index (χ2n) is 3.58. The van der Waals surface area contributed by atoms with Crippen LogP contribution in [0.15, 0.2) is 10.5 Å². The maximum absolute atomic E-state index is 6.24. The van der Waals surface area contributed by atoms with Crippen molar-refractivity contribution < 1.29 is 4.18 Å². The zero-order chi connectivity index (χ0) is 11.7. The standard InChI is InChI=1S/C11H10BrClOS2/c1-16-14-11(15)9-8(13)5-6-3-2-4-7(6)10(9)12/h5H,2-4H2,1H3. The van der Waals surface area contributed by atoms with Gasteiger partial charge in [0.25, 0.3) is 0 Å². The largest absolute Gasteiger partial charge is 0.414 e. The summed E-state index contributed by atoms with van der Waals surface area (Å²) in [5.74, 6) is 0. The summed E-state index contributed by atoms with van der Waals surface area (Å²) < 4.78 is 6.29. The number of rotatable bonds is 2. The predicted octanol–water partition coefficient (Wildman–Crippen LogP) is 4.56. The van der Waals surface area contributed by atoms with Crippen LogP contribution in [-0.4, -0.2) is 11.3 Å². The molecule has 0 N–H and O–H groups in total. The Morgan fingerprint density at radius 1 is 1.56 bits per heavy atom. The van der Waals surface area contributed by atoms with E-state index in [2.05, 4.69) is 15.9 Å². The van der Waals surface area contributed by atoms with E-state index in [0.717, 1.165) is 22.9 Å². The molecule has 0 unspecified atom stereocenters. The number of halogens is 2. The molecular formula is C11H10BrClOS2. The third-order valence-corrected chi connectivity index (χ3v) is 4.55. The first-order valence-electron chi connectivity index (χ1n) is 4.90. The van der Waals surface area contributed by atoms with E-state index in [4.69, 9.17) is 28.0 Å². The van der Waals surface area contributed by atoms with E-state index in [1.807, 2.05) is 12.3 Å².